The second kappa shape index (κ2) is 10.9. The van der Waals surface area contributed by atoms with E-state index in [0.717, 1.165) is 16.2 Å². The first kappa shape index (κ1) is 24.0. The molecule has 9 nitrogen and oxygen atoms in total. The Kier molecular flexibility index (Phi) is 7.69. The van der Waals surface area contributed by atoms with E-state index in [1.165, 1.54) is 0 Å². The summed E-state index contributed by atoms with van der Waals surface area (Å²) < 4.78 is 15.9. The molecule has 1 atom stereocenters. The smallest absolute Gasteiger partial charge is 0.409 e. The van der Waals surface area contributed by atoms with Gasteiger partial charge in [0.25, 0.3) is 5.91 Å². The maximum atomic E-state index is 13.4. The third-order valence-electron chi connectivity index (χ3n) is 6.02. The van der Waals surface area contributed by atoms with Gasteiger partial charge in [0.1, 0.15) is 0 Å². The Hall–Kier alpha value is -3.11. The van der Waals surface area contributed by atoms with E-state index < -0.39 is 0 Å². The van der Waals surface area contributed by atoms with Crippen LogP contribution in [0.25, 0.3) is 0 Å². The second-order valence-electron chi connectivity index (χ2n) is 8.06. The van der Waals surface area contributed by atoms with E-state index in [1.54, 1.807) is 42.4 Å². The molecule has 2 aliphatic rings. The predicted molar refractivity (Wildman–Crippen MR) is 130 cm³/mol. The fraction of sp³-hybridized carbons (Fsp3) is 0.458. The topological polar surface area (TPSA) is 83.9 Å². The SMILES string of the molecule is CCOC(=O)N1CCN(CC(=O)N2N=C(c3cccs3)C[C@H]2c2ccc(OC)c(OC)c2)CC1. The quantitative estimate of drug-likeness (QED) is 0.598. The summed E-state index contributed by atoms with van der Waals surface area (Å²) >= 11 is 1.61. The second-order valence-corrected chi connectivity index (χ2v) is 9.01. The van der Waals surface area contributed by atoms with Gasteiger partial charge in [-0.2, -0.15) is 5.10 Å². The number of amides is 2. The molecule has 1 aromatic carbocycles. The molecule has 0 radical (unpaired) electrons. The number of hydrogen-bond donors (Lipinski definition) is 0. The number of rotatable bonds is 7. The van der Waals surface area contributed by atoms with Gasteiger partial charge in [-0.15, -0.1) is 11.3 Å². The zero-order valence-electron chi connectivity index (χ0n) is 19.7. The highest BCUT2D eigenvalue weighted by Gasteiger charge is 2.35. The van der Waals surface area contributed by atoms with Crippen molar-refractivity contribution in [3.8, 4) is 11.5 Å². The fourth-order valence-corrected chi connectivity index (χ4v) is 4.94. The van der Waals surface area contributed by atoms with Crippen molar-refractivity contribution in [2.24, 2.45) is 5.10 Å². The molecule has 4 rings (SSSR count). The van der Waals surface area contributed by atoms with Crippen LogP contribution >= 0.6 is 11.3 Å². The molecular formula is C24H30N4O5S. The van der Waals surface area contributed by atoms with Crippen molar-refractivity contribution in [3.63, 3.8) is 0 Å². The number of carbonyl (C=O) groups excluding carboxylic acids is 2. The van der Waals surface area contributed by atoms with Crippen LogP contribution in [-0.4, -0.2) is 86.1 Å². The van der Waals surface area contributed by atoms with E-state index in [9.17, 15) is 9.59 Å². The highest BCUT2D eigenvalue weighted by Crippen LogP contribution is 2.38. The Morgan fingerprint density at radius 2 is 1.85 bits per heavy atom. The van der Waals surface area contributed by atoms with Crippen molar-refractivity contribution in [3.05, 3.63) is 46.2 Å². The molecule has 2 amide bonds. The monoisotopic (exact) mass is 486 g/mol. The molecule has 10 heteroatoms. The molecule has 3 heterocycles. The maximum absolute atomic E-state index is 13.4. The van der Waals surface area contributed by atoms with Gasteiger partial charge < -0.3 is 19.1 Å². The van der Waals surface area contributed by atoms with E-state index in [-0.39, 0.29) is 24.6 Å². The molecule has 0 spiro atoms. The third-order valence-corrected chi connectivity index (χ3v) is 6.94. The minimum absolute atomic E-state index is 0.0732. The molecule has 1 saturated heterocycles. The van der Waals surface area contributed by atoms with Gasteiger partial charge in [-0.3, -0.25) is 9.69 Å². The van der Waals surface area contributed by atoms with E-state index in [0.29, 0.717) is 50.7 Å². The molecule has 2 aromatic rings. The summed E-state index contributed by atoms with van der Waals surface area (Å²) in [5.41, 5.74) is 1.84. The molecular weight excluding hydrogens is 456 g/mol. The van der Waals surface area contributed by atoms with Crippen LogP contribution in [0.4, 0.5) is 4.79 Å². The molecule has 182 valence electrons. The standard InChI is InChI=1S/C24H30N4O5S/c1-4-33-24(30)27-11-9-26(10-12-27)16-23(29)28-19(15-18(25-28)22-6-5-13-34-22)17-7-8-20(31-2)21(14-17)32-3/h5-8,13-14,19H,4,9-12,15-16H2,1-3H3/t19-/m0/s1. The maximum Gasteiger partial charge on any atom is 0.409 e. The average Bonchev–Trinajstić information content (AvgIpc) is 3.54. The largest absolute Gasteiger partial charge is 0.493 e. The van der Waals surface area contributed by atoms with Crippen LogP contribution in [0, 0.1) is 0 Å². The summed E-state index contributed by atoms with van der Waals surface area (Å²) in [7, 11) is 3.20. The summed E-state index contributed by atoms with van der Waals surface area (Å²) in [6.45, 7) is 4.69. The Morgan fingerprint density at radius 3 is 2.50 bits per heavy atom. The van der Waals surface area contributed by atoms with Crippen LogP contribution < -0.4 is 9.47 Å². The van der Waals surface area contributed by atoms with Crippen molar-refractivity contribution in [1.29, 1.82) is 0 Å². The summed E-state index contributed by atoms with van der Waals surface area (Å²) in [4.78, 5) is 30.2. The van der Waals surface area contributed by atoms with Gasteiger partial charge in [0.05, 0.1) is 44.0 Å². The van der Waals surface area contributed by atoms with Gasteiger partial charge in [-0.25, -0.2) is 9.80 Å². The van der Waals surface area contributed by atoms with Gasteiger partial charge in [0, 0.05) is 32.6 Å². The number of methoxy groups -OCH3 is 2. The number of hydrogen-bond acceptors (Lipinski definition) is 8. The zero-order chi connectivity index (χ0) is 24.1. The van der Waals surface area contributed by atoms with Crippen LogP contribution in [0.1, 0.15) is 29.8 Å². The minimum atomic E-state index is -0.299. The Labute approximate surface area is 203 Å². The molecule has 0 aliphatic carbocycles. The number of carbonyl (C=O) groups is 2. The summed E-state index contributed by atoms with van der Waals surface area (Å²) in [5.74, 6) is 1.18. The lowest BCUT2D eigenvalue weighted by molar-refractivity contribution is -0.134. The number of hydrazone groups is 1. The first-order chi connectivity index (χ1) is 16.5. The van der Waals surface area contributed by atoms with Crippen LogP contribution in [0.5, 0.6) is 11.5 Å². The van der Waals surface area contributed by atoms with Crippen molar-refractivity contribution >= 4 is 29.0 Å². The highest BCUT2D eigenvalue weighted by atomic mass is 32.1. The Bertz CT molecular complexity index is 1030. The third kappa shape index (κ3) is 5.18. The molecule has 0 unspecified atom stereocenters. The van der Waals surface area contributed by atoms with Gasteiger partial charge in [0.2, 0.25) is 0 Å². The van der Waals surface area contributed by atoms with Gasteiger partial charge in [-0.05, 0) is 36.1 Å². The van der Waals surface area contributed by atoms with E-state index in [2.05, 4.69) is 4.90 Å². The number of piperazine rings is 1. The van der Waals surface area contributed by atoms with Crippen molar-refractivity contribution < 1.29 is 23.8 Å². The van der Waals surface area contributed by atoms with Crippen molar-refractivity contribution in [2.45, 2.75) is 19.4 Å². The molecule has 34 heavy (non-hydrogen) atoms. The minimum Gasteiger partial charge on any atom is -0.493 e. The van der Waals surface area contributed by atoms with Crippen LogP contribution in [-0.2, 0) is 9.53 Å². The van der Waals surface area contributed by atoms with Gasteiger partial charge >= 0.3 is 6.09 Å². The van der Waals surface area contributed by atoms with Crippen molar-refractivity contribution in [2.75, 3.05) is 53.6 Å². The van der Waals surface area contributed by atoms with Crippen LogP contribution in [0.2, 0.25) is 0 Å². The van der Waals surface area contributed by atoms with Gasteiger partial charge in [-0.1, -0.05) is 12.1 Å². The number of benzene rings is 1. The molecule has 0 bridgehead atoms. The Morgan fingerprint density at radius 1 is 1.09 bits per heavy atom. The Balaban J connectivity index is 1.50. The lowest BCUT2D eigenvalue weighted by atomic mass is 10.0. The zero-order valence-corrected chi connectivity index (χ0v) is 20.5. The first-order valence-electron chi connectivity index (χ1n) is 11.3. The first-order valence-corrected chi connectivity index (χ1v) is 12.2. The summed E-state index contributed by atoms with van der Waals surface area (Å²) in [5, 5.41) is 8.36. The van der Waals surface area contributed by atoms with E-state index >= 15 is 0 Å². The molecule has 2 aliphatic heterocycles. The lowest BCUT2D eigenvalue weighted by Gasteiger charge is -2.34. The van der Waals surface area contributed by atoms with E-state index in [4.69, 9.17) is 19.3 Å². The normalized spacial score (nSPS) is 18.6. The lowest BCUT2D eigenvalue weighted by Crippen LogP contribution is -2.51. The predicted octanol–water partition coefficient (Wildman–Crippen LogP) is 3.22. The van der Waals surface area contributed by atoms with E-state index in [1.807, 2.05) is 35.7 Å². The molecule has 0 saturated carbocycles. The average molecular weight is 487 g/mol. The van der Waals surface area contributed by atoms with Gasteiger partial charge in [0.15, 0.2) is 11.5 Å². The summed E-state index contributed by atoms with van der Waals surface area (Å²) in [6.07, 6.45) is 0.324. The van der Waals surface area contributed by atoms with Crippen LogP contribution in [0.15, 0.2) is 40.8 Å². The molecule has 1 fully saturated rings. The molecule has 1 aromatic heterocycles. The number of nitrogens with zero attached hydrogens (tertiary/aromatic N) is 4. The highest BCUT2D eigenvalue weighted by molar-refractivity contribution is 7.12. The fourth-order valence-electron chi connectivity index (χ4n) is 4.22. The molecule has 0 N–H and O–H groups in total. The number of ether oxygens (including phenoxy) is 3. The summed E-state index contributed by atoms with van der Waals surface area (Å²) in [6, 6.07) is 9.50. The van der Waals surface area contributed by atoms with Crippen molar-refractivity contribution in [1.82, 2.24) is 14.8 Å². The van der Waals surface area contributed by atoms with Crippen LogP contribution in [0.3, 0.4) is 0 Å². The number of thiophene rings is 1.